The molecule has 0 bridgehead atoms. The molecule has 0 saturated carbocycles. The summed E-state index contributed by atoms with van der Waals surface area (Å²) < 4.78 is 0. The van der Waals surface area contributed by atoms with Gasteiger partial charge in [-0.25, -0.2) is 0 Å². The van der Waals surface area contributed by atoms with E-state index in [9.17, 15) is 0 Å². The van der Waals surface area contributed by atoms with Crippen molar-refractivity contribution in [3.8, 4) is 44.5 Å². The fourth-order valence-electron chi connectivity index (χ4n) is 7.34. The lowest BCUT2D eigenvalue weighted by Crippen LogP contribution is -1.94. The van der Waals surface area contributed by atoms with Crippen molar-refractivity contribution in [2.45, 2.75) is 20.8 Å². The highest BCUT2D eigenvalue weighted by Crippen LogP contribution is 2.47. The maximum Gasteiger partial charge on any atom is 0.0450 e. The first-order valence-corrected chi connectivity index (χ1v) is 15.6. The van der Waals surface area contributed by atoms with E-state index in [0.717, 1.165) is 5.69 Å². The molecule has 0 aliphatic rings. The lowest BCUT2D eigenvalue weighted by atomic mass is 9.83. The molecule has 0 atom stereocenters. The minimum atomic E-state index is 1.04. The second-order valence-electron chi connectivity index (χ2n) is 12.0. The number of aryl methyl sites for hydroxylation is 3. The Labute approximate surface area is 264 Å². The minimum absolute atomic E-state index is 1.04. The van der Waals surface area contributed by atoms with Crippen LogP contribution in [0.4, 0.5) is 0 Å². The van der Waals surface area contributed by atoms with Gasteiger partial charge in [0, 0.05) is 17.5 Å². The van der Waals surface area contributed by atoms with Crippen LogP contribution in [0.3, 0.4) is 0 Å². The van der Waals surface area contributed by atoms with Crippen LogP contribution in [-0.2, 0) is 0 Å². The van der Waals surface area contributed by atoms with Crippen molar-refractivity contribution in [1.82, 2.24) is 4.98 Å². The molecule has 0 amide bonds. The quantitative estimate of drug-likeness (QED) is 0.190. The van der Waals surface area contributed by atoms with Gasteiger partial charge in [0.05, 0.1) is 0 Å². The third kappa shape index (κ3) is 4.43. The molecule has 1 heteroatoms. The van der Waals surface area contributed by atoms with Crippen molar-refractivity contribution in [1.29, 1.82) is 0 Å². The van der Waals surface area contributed by atoms with E-state index >= 15 is 0 Å². The molecule has 214 valence electrons. The number of benzene rings is 7. The van der Waals surface area contributed by atoms with Gasteiger partial charge in [-0.15, -0.1) is 0 Å². The van der Waals surface area contributed by atoms with Gasteiger partial charge >= 0.3 is 0 Å². The van der Waals surface area contributed by atoms with Crippen LogP contribution in [0.15, 0.2) is 146 Å². The summed E-state index contributed by atoms with van der Waals surface area (Å²) in [4.78, 5) is 4.56. The number of fused-ring (bicyclic) bond motifs is 3. The third-order valence-electron chi connectivity index (χ3n) is 9.34. The van der Waals surface area contributed by atoms with Crippen molar-refractivity contribution < 1.29 is 0 Å². The summed E-state index contributed by atoms with van der Waals surface area (Å²) in [6.07, 6.45) is 1.86. The van der Waals surface area contributed by atoms with Gasteiger partial charge in [0.25, 0.3) is 0 Å². The van der Waals surface area contributed by atoms with E-state index in [-0.39, 0.29) is 0 Å². The fourth-order valence-corrected chi connectivity index (χ4v) is 7.34. The SMILES string of the molecule is Cc1cccc(C)c1-c1ccc(-c2c3ccccc3c(-c3cccc(-c4cccnc4C)c3)c3ccccc23)c2ccccc12. The number of aromatic nitrogens is 1. The Morgan fingerprint density at radius 2 is 0.844 bits per heavy atom. The second-order valence-corrected chi connectivity index (χ2v) is 12.0. The Balaban J connectivity index is 1.44. The van der Waals surface area contributed by atoms with E-state index in [4.69, 9.17) is 0 Å². The molecule has 45 heavy (non-hydrogen) atoms. The first-order chi connectivity index (χ1) is 22.1. The van der Waals surface area contributed by atoms with Crippen LogP contribution in [0.25, 0.3) is 76.8 Å². The van der Waals surface area contributed by atoms with E-state index in [0.29, 0.717) is 0 Å². The zero-order chi connectivity index (χ0) is 30.5. The average molecular weight is 576 g/mol. The number of hydrogen-bond acceptors (Lipinski definition) is 1. The van der Waals surface area contributed by atoms with E-state index in [1.54, 1.807) is 0 Å². The van der Waals surface area contributed by atoms with Gasteiger partial charge in [0.15, 0.2) is 0 Å². The summed E-state index contributed by atoms with van der Waals surface area (Å²) in [6.45, 7) is 6.52. The third-order valence-corrected chi connectivity index (χ3v) is 9.34. The summed E-state index contributed by atoms with van der Waals surface area (Å²) in [5.41, 5.74) is 13.6. The molecule has 0 saturated heterocycles. The molecule has 0 N–H and O–H groups in total. The Morgan fingerprint density at radius 1 is 0.356 bits per heavy atom. The number of hydrogen-bond donors (Lipinski definition) is 0. The van der Waals surface area contributed by atoms with Gasteiger partial charge in [-0.2, -0.15) is 0 Å². The Bertz CT molecular complexity index is 2340. The maximum absolute atomic E-state index is 4.56. The predicted octanol–water partition coefficient (Wildman–Crippen LogP) is 12.1. The Kier molecular flexibility index (Phi) is 6.54. The summed E-state index contributed by atoms with van der Waals surface area (Å²) >= 11 is 0. The lowest BCUT2D eigenvalue weighted by Gasteiger charge is -2.20. The molecule has 1 heterocycles. The summed E-state index contributed by atoms with van der Waals surface area (Å²) in [6, 6.07) is 51.2. The van der Waals surface area contributed by atoms with Crippen molar-refractivity contribution >= 4 is 32.3 Å². The molecule has 8 aromatic rings. The summed E-state index contributed by atoms with van der Waals surface area (Å²) in [5, 5.41) is 7.60. The summed E-state index contributed by atoms with van der Waals surface area (Å²) in [7, 11) is 0. The van der Waals surface area contributed by atoms with Gasteiger partial charge in [-0.1, -0.05) is 127 Å². The van der Waals surface area contributed by atoms with Gasteiger partial charge in [0.2, 0.25) is 0 Å². The molecule has 0 unspecified atom stereocenters. The Hall–Kier alpha value is -5.53. The van der Waals surface area contributed by atoms with Gasteiger partial charge in [-0.05, 0) is 115 Å². The lowest BCUT2D eigenvalue weighted by molar-refractivity contribution is 1.20. The van der Waals surface area contributed by atoms with E-state index < -0.39 is 0 Å². The molecule has 0 spiro atoms. The van der Waals surface area contributed by atoms with Crippen LogP contribution in [0.5, 0.6) is 0 Å². The first-order valence-electron chi connectivity index (χ1n) is 15.6. The highest BCUT2D eigenvalue weighted by Gasteiger charge is 2.20. The first kappa shape index (κ1) is 27.0. The topological polar surface area (TPSA) is 12.9 Å². The maximum atomic E-state index is 4.56. The standard InChI is InChI=1S/C44H33N/c1-28-13-10-14-29(2)42(28)40-24-25-41(35-18-5-4-17-34(35)40)44-38-21-8-6-19-36(38)43(37-20-7-9-22-39(37)44)32-16-11-15-31(27-32)33-23-12-26-45-30(33)3/h4-27H,1-3H3. The predicted molar refractivity (Wildman–Crippen MR) is 193 cm³/mol. The highest BCUT2D eigenvalue weighted by molar-refractivity contribution is 6.24. The highest BCUT2D eigenvalue weighted by atomic mass is 14.7. The summed E-state index contributed by atoms with van der Waals surface area (Å²) in [5.74, 6) is 0. The van der Waals surface area contributed by atoms with E-state index in [1.165, 1.54) is 88.0 Å². The number of pyridine rings is 1. The molecule has 0 aliphatic heterocycles. The smallest absolute Gasteiger partial charge is 0.0450 e. The van der Waals surface area contributed by atoms with Crippen molar-refractivity contribution in [2.24, 2.45) is 0 Å². The van der Waals surface area contributed by atoms with Crippen LogP contribution in [-0.4, -0.2) is 4.98 Å². The largest absolute Gasteiger partial charge is 0.261 e. The van der Waals surface area contributed by atoms with E-state index in [1.807, 2.05) is 12.3 Å². The molecular formula is C44H33N. The van der Waals surface area contributed by atoms with Gasteiger partial charge < -0.3 is 0 Å². The number of rotatable bonds is 4. The molecule has 8 rings (SSSR count). The van der Waals surface area contributed by atoms with Crippen LogP contribution in [0, 0.1) is 20.8 Å². The van der Waals surface area contributed by atoms with Gasteiger partial charge in [-0.3, -0.25) is 4.98 Å². The molecule has 0 aliphatic carbocycles. The molecule has 1 aromatic heterocycles. The van der Waals surface area contributed by atoms with Crippen molar-refractivity contribution in [2.75, 3.05) is 0 Å². The molecule has 7 aromatic carbocycles. The Morgan fingerprint density at radius 3 is 1.42 bits per heavy atom. The van der Waals surface area contributed by atoms with Crippen LogP contribution >= 0.6 is 0 Å². The normalized spacial score (nSPS) is 11.4. The van der Waals surface area contributed by atoms with Crippen molar-refractivity contribution in [3.63, 3.8) is 0 Å². The molecule has 0 radical (unpaired) electrons. The van der Waals surface area contributed by atoms with Crippen LogP contribution < -0.4 is 0 Å². The van der Waals surface area contributed by atoms with Crippen molar-refractivity contribution in [3.05, 3.63) is 163 Å². The molecule has 0 fully saturated rings. The fraction of sp³-hybridized carbons (Fsp3) is 0.0682. The second kappa shape index (κ2) is 10.9. The van der Waals surface area contributed by atoms with Gasteiger partial charge in [0.1, 0.15) is 0 Å². The molecule has 1 nitrogen and oxygen atoms in total. The zero-order valence-electron chi connectivity index (χ0n) is 25.8. The van der Waals surface area contributed by atoms with Crippen LogP contribution in [0.1, 0.15) is 16.8 Å². The molecular weight excluding hydrogens is 542 g/mol. The monoisotopic (exact) mass is 575 g/mol. The zero-order valence-corrected chi connectivity index (χ0v) is 25.8. The number of nitrogens with zero attached hydrogens (tertiary/aromatic N) is 1. The average Bonchev–Trinajstić information content (AvgIpc) is 3.07. The van der Waals surface area contributed by atoms with E-state index in [2.05, 4.69) is 159 Å². The minimum Gasteiger partial charge on any atom is -0.261 e. The van der Waals surface area contributed by atoms with Crippen LogP contribution in [0.2, 0.25) is 0 Å².